The normalized spacial score (nSPS) is 40.8. The smallest absolute Gasteiger partial charge is 0.309 e. The number of amides is 1. The van der Waals surface area contributed by atoms with Crippen LogP contribution in [0.5, 0.6) is 0 Å². The molecule has 0 aromatic heterocycles. The van der Waals surface area contributed by atoms with Crippen LogP contribution < -0.4 is 5.32 Å². The van der Waals surface area contributed by atoms with Crippen molar-refractivity contribution in [2.45, 2.75) is 82.3 Å². The molecule has 4 saturated carbocycles. The number of carboxylic acid groups (broad SMARTS) is 1. The van der Waals surface area contributed by atoms with E-state index in [2.05, 4.69) is 5.32 Å². The first-order valence-electron chi connectivity index (χ1n) is 9.11. The Morgan fingerprint density at radius 2 is 1.70 bits per heavy atom. The summed E-state index contributed by atoms with van der Waals surface area (Å²) >= 11 is 0. The minimum atomic E-state index is -0.651. The first-order valence-corrected chi connectivity index (χ1v) is 9.11. The van der Waals surface area contributed by atoms with Crippen LogP contribution in [0.4, 0.5) is 0 Å². The standard InChI is InChI=1S/C18H27NO4/c20-14(10-13-11-16(12-23-13)2-1-3-16)19-18-7-4-17(5-8-18,6-9-18)15(21)22/h13H,1-12H2,(H,19,20)(H,21,22). The van der Waals surface area contributed by atoms with Gasteiger partial charge in [0.2, 0.25) is 5.91 Å². The van der Waals surface area contributed by atoms with Gasteiger partial charge in [-0.1, -0.05) is 6.42 Å². The van der Waals surface area contributed by atoms with Gasteiger partial charge < -0.3 is 15.2 Å². The minimum absolute atomic E-state index is 0.0805. The van der Waals surface area contributed by atoms with Gasteiger partial charge >= 0.3 is 5.97 Å². The molecule has 5 aliphatic rings. The maximum atomic E-state index is 12.5. The van der Waals surface area contributed by atoms with Crippen molar-refractivity contribution >= 4 is 11.9 Å². The molecule has 128 valence electrons. The van der Waals surface area contributed by atoms with Crippen LogP contribution in [0.2, 0.25) is 0 Å². The SMILES string of the molecule is O=C(CC1CC2(CCC2)CO1)NC12CCC(C(=O)O)(CC1)CC2. The van der Waals surface area contributed by atoms with Crippen LogP contribution in [0.15, 0.2) is 0 Å². The molecule has 1 heterocycles. The van der Waals surface area contributed by atoms with E-state index in [1.54, 1.807) is 0 Å². The van der Waals surface area contributed by atoms with Gasteiger partial charge in [-0.15, -0.1) is 0 Å². The molecule has 1 atom stereocenters. The van der Waals surface area contributed by atoms with Crippen LogP contribution in [0.3, 0.4) is 0 Å². The summed E-state index contributed by atoms with van der Waals surface area (Å²) in [5, 5.41) is 12.7. The molecular weight excluding hydrogens is 294 g/mol. The van der Waals surface area contributed by atoms with Crippen molar-refractivity contribution in [2.24, 2.45) is 10.8 Å². The van der Waals surface area contributed by atoms with Crippen LogP contribution in [-0.4, -0.2) is 35.2 Å². The number of rotatable bonds is 4. The molecular formula is C18H27NO4. The van der Waals surface area contributed by atoms with Crippen molar-refractivity contribution in [3.8, 4) is 0 Å². The molecule has 1 amide bonds. The Hall–Kier alpha value is -1.10. The Morgan fingerprint density at radius 3 is 2.17 bits per heavy atom. The molecule has 23 heavy (non-hydrogen) atoms. The summed E-state index contributed by atoms with van der Waals surface area (Å²) in [6, 6.07) is 0. The first-order chi connectivity index (χ1) is 11.0. The summed E-state index contributed by atoms with van der Waals surface area (Å²) < 4.78 is 5.86. The van der Waals surface area contributed by atoms with Crippen LogP contribution in [-0.2, 0) is 14.3 Å². The van der Waals surface area contributed by atoms with Crippen molar-refractivity contribution in [3.05, 3.63) is 0 Å². The van der Waals surface area contributed by atoms with E-state index in [-0.39, 0.29) is 17.6 Å². The molecule has 4 aliphatic carbocycles. The number of hydrogen-bond donors (Lipinski definition) is 2. The van der Waals surface area contributed by atoms with E-state index in [1.807, 2.05) is 0 Å². The van der Waals surface area contributed by atoms with Gasteiger partial charge in [-0.05, 0) is 63.2 Å². The largest absolute Gasteiger partial charge is 0.481 e. The Balaban J connectivity index is 1.31. The number of carboxylic acids is 1. The molecule has 0 radical (unpaired) electrons. The van der Waals surface area contributed by atoms with Gasteiger partial charge in [-0.2, -0.15) is 0 Å². The van der Waals surface area contributed by atoms with Gasteiger partial charge in [-0.3, -0.25) is 9.59 Å². The summed E-state index contributed by atoms with van der Waals surface area (Å²) in [7, 11) is 0. The lowest BCUT2D eigenvalue weighted by atomic mass is 9.57. The minimum Gasteiger partial charge on any atom is -0.481 e. The summed E-state index contributed by atoms with van der Waals surface area (Å²) in [4.78, 5) is 24.0. The Morgan fingerprint density at radius 1 is 1.04 bits per heavy atom. The highest BCUT2D eigenvalue weighted by molar-refractivity contribution is 5.78. The zero-order chi connectivity index (χ0) is 16.1. The third-order valence-corrected chi connectivity index (χ3v) is 7.22. The molecule has 0 aromatic carbocycles. The highest BCUT2D eigenvalue weighted by Crippen LogP contribution is 2.53. The average molecular weight is 321 g/mol. The van der Waals surface area contributed by atoms with E-state index in [0.717, 1.165) is 32.3 Å². The van der Waals surface area contributed by atoms with Crippen molar-refractivity contribution in [3.63, 3.8) is 0 Å². The molecule has 5 fully saturated rings. The molecule has 5 nitrogen and oxygen atoms in total. The van der Waals surface area contributed by atoms with E-state index in [4.69, 9.17) is 4.74 Å². The Labute approximate surface area is 137 Å². The number of ether oxygens (including phenoxy) is 1. The van der Waals surface area contributed by atoms with Crippen LogP contribution in [0, 0.1) is 10.8 Å². The third kappa shape index (κ3) is 2.57. The third-order valence-electron chi connectivity index (χ3n) is 7.22. The lowest BCUT2D eigenvalue weighted by Crippen LogP contribution is -2.58. The average Bonchev–Trinajstić information content (AvgIpc) is 2.93. The fourth-order valence-electron chi connectivity index (χ4n) is 5.30. The fraction of sp³-hybridized carbons (Fsp3) is 0.889. The molecule has 2 N–H and O–H groups in total. The van der Waals surface area contributed by atoms with Crippen LogP contribution in [0.1, 0.15) is 70.6 Å². The maximum absolute atomic E-state index is 12.5. The highest BCUT2D eigenvalue weighted by atomic mass is 16.5. The highest BCUT2D eigenvalue weighted by Gasteiger charge is 2.53. The van der Waals surface area contributed by atoms with Gasteiger partial charge in [0.25, 0.3) is 0 Å². The van der Waals surface area contributed by atoms with Gasteiger partial charge in [0.1, 0.15) is 0 Å². The number of hydrogen-bond acceptors (Lipinski definition) is 3. The summed E-state index contributed by atoms with van der Waals surface area (Å²) in [5.74, 6) is -0.557. The first kappa shape index (κ1) is 15.4. The zero-order valence-corrected chi connectivity index (χ0v) is 13.7. The van der Waals surface area contributed by atoms with Crippen molar-refractivity contribution in [2.75, 3.05) is 6.61 Å². The van der Waals surface area contributed by atoms with E-state index in [0.29, 0.717) is 31.1 Å². The predicted molar refractivity (Wildman–Crippen MR) is 83.9 cm³/mol. The number of carbonyl (C=O) groups is 2. The second-order valence-electron chi connectivity index (χ2n) is 8.61. The van der Waals surface area contributed by atoms with Crippen LogP contribution in [0.25, 0.3) is 0 Å². The van der Waals surface area contributed by atoms with Crippen molar-refractivity contribution in [1.29, 1.82) is 0 Å². The fourth-order valence-corrected chi connectivity index (χ4v) is 5.30. The Kier molecular flexibility index (Phi) is 3.49. The molecule has 2 bridgehead atoms. The second kappa shape index (κ2) is 5.20. The van der Waals surface area contributed by atoms with Gasteiger partial charge in [0.05, 0.1) is 24.5 Å². The van der Waals surface area contributed by atoms with E-state index < -0.39 is 11.4 Å². The molecule has 5 rings (SSSR count). The van der Waals surface area contributed by atoms with E-state index in [9.17, 15) is 14.7 Å². The quantitative estimate of drug-likeness (QED) is 0.834. The second-order valence-corrected chi connectivity index (χ2v) is 8.61. The summed E-state index contributed by atoms with van der Waals surface area (Å²) in [5.41, 5.74) is -0.279. The monoisotopic (exact) mass is 321 g/mol. The molecule has 1 saturated heterocycles. The summed E-state index contributed by atoms with van der Waals surface area (Å²) in [6.07, 6.45) is 9.92. The molecule has 1 unspecified atom stereocenters. The van der Waals surface area contributed by atoms with E-state index in [1.165, 1.54) is 19.3 Å². The number of fused-ring (bicyclic) bond motifs is 3. The molecule has 0 aromatic rings. The Bertz CT molecular complexity index is 501. The van der Waals surface area contributed by atoms with Gasteiger partial charge in [0, 0.05) is 5.54 Å². The topological polar surface area (TPSA) is 75.6 Å². The number of carbonyl (C=O) groups excluding carboxylic acids is 1. The van der Waals surface area contributed by atoms with E-state index >= 15 is 0 Å². The molecule has 1 spiro atoms. The maximum Gasteiger partial charge on any atom is 0.309 e. The lowest BCUT2D eigenvalue weighted by molar-refractivity contribution is -0.157. The lowest BCUT2D eigenvalue weighted by Gasteiger charge is -2.51. The predicted octanol–water partition coefficient (Wildman–Crippen LogP) is 2.63. The molecule has 1 aliphatic heterocycles. The van der Waals surface area contributed by atoms with Crippen molar-refractivity contribution < 1.29 is 19.4 Å². The van der Waals surface area contributed by atoms with Gasteiger partial charge in [0.15, 0.2) is 0 Å². The summed E-state index contributed by atoms with van der Waals surface area (Å²) in [6.45, 7) is 0.831. The van der Waals surface area contributed by atoms with Crippen molar-refractivity contribution in [1.82, 2.24) is 5.32 Å². The molecule has 5 heteroatoms. The number of aliphatic carboxylic acids is 1. The number of nitrogens with one attached hydrogen (secondary N) is 1. The zero-order valence-electron chi connectivity index (χ0n) is 13.7. The van der Waals surface area contributed by atoms with Crippen LogP contribution >= 0.6 is 0 Å². The van der Waals surface area contributed by atoms with Gasteiger partial charge in [-0.25, -0.2) is 0 Å².